The van der Waals surface area contributed by atoms with Gasteiger partial charge in [-0.2, -0.15) is 0 Å². The Kier molecular flexibility index (Phi) is 3.35. The van der Waals surface area contributed by atoms with Crippen molar-refractivity contribution in [2.75, 3.05) is 0 Å². The van der Waals surface area contributed by atoms with Crippen molar-refractivity contribution in [3.63, 3.8) is 0 Å². The van der Waals surface area contributed by atoms with E-state index < -0.39 is 5.97 Å². The average molecular weight is 245 g/mol. The van der Waals surface area contributed by atoms with Gasteiger partial charge in [0.15, 0.2) is 0 Å². The Bertz CT molecular complexity index is 559. The van der Waals surface area contributed by atoms with Crippen LogP contribution in [0.25, 0.3) is 16.0 Å². The van der Waals surface area contributed by atoms with E-state index in [4.69, 9.17) is 5.11 Å². The van der Waals surface area contributed by atoms with Crippen LogP contribution in [-0.2, 0) is 4.79 Å². The molecule has 2 aromatic rings. The van der Waals surface area contributed by atoms with E-state index in [0.29, 0.717) is 5.57 Å². The van der Waals surface area contributed by atoms with Crippen LogP contribution in [0.1, 0.15) is 12.5 Å². The number of carbonyl (C=O) groups is 1. The van der Waals surface area contributed by atoms with E-state index in [2.05, 4.69) is 4.98 Å². The Balaban J connectivity index is 2.39. The zero-order chi connectivity index (χ0) is 12.3. The molecule has 4 heteroatoms. The highest BCUT2D eigenvalue weighted by atomic mass is 32.1. The maximum absolute atomic E-state index is 10.6. The molecule has 0 aliphatic carbocycles. The van der Waals surface area contributed by atoms with Crippen LogP contribution in [0.5, 0.6) is 0 Å². The first-order chi connectivity index (χ1) is 8.16. The summed E-state index contributed by atoms with van der Waals surface area (Å²) in [7, 11) is 0. The third kappa shape index (κ3) is 2.79. The summed E-state index contributed by atoms with van der Waals surface area (Å²) in [5, 5.41) is 10.7. The third-order valence-electron chi connectivity index (χ3n) is 2.34. The molecule has 86 valence electrons. The second-order valence-electron chi connectivity index (χ2n) is 3.61. The van der Waals surface area contributed by atoms with Crippen LogP contribution in [-0.4, -0.2) is 16.1 Å². The molecule has 0 saturated carbocycles. The first-order valence-corrected chi connectivity index (χ1v) is 5.95. The summed E-state index contributed by atoms with van der Waals surface area (Å²) >= 11 is 1.63. The van der Waals surface area contributed by atoms with Crippen LogP contribution in [0.4, 0.5) is 0 Å². The number of rotatable bonds is 3. The first kappa shape index (κ1) is 11.5. The predicted octanol–water partition coefficient (Wildman–Crippen LogP) is 3.30. The number of nitrogens with zero attached hydrogens (tertiary/aromatic N) is 1. The van der Waals surface area contributed by atoms with E-state index in [1.807, 2.05) is 23.6 Å². The van der Waals surface area contributed by atoms with Gasteiger partial charge in [0, 0.05) is 28.9 Å². The van der Waals surface area contributed by atoms with Gasteiger partial charge in [-0.3, -0.25) is 4.98 Å². The molecule has 0 radical (unpaired) electrons. The van der Waals surface area contributed by atoms with Gasteiger partial charge in [0.1, 0.15) is 0 Å². The molecule has 0 aliphatic rings. The lowest BCUT2D eigenvalue weighted by Gasteiger charge is -2.02. The van der Waals surface area contributed by atoms with Gasteiger partial charge in [0.25, 0.3) is 0 Å². The molecule has 0 atom stereocenters. The Morgan fingerprint density at radius 3 is 2.94 bits per heavy atom. The Hall–Kier alpha value is -1.94. The smallest absolute Gasteiger partial charge is 0.328 e. The summed E-state index contributed by atoms with van der Waals surface area (Å²) in [6.07, 6.45) is 4.64. The lowest BCUT2D eigenvalue weighted by Crippen LogP contribution is -1.91. The number of pyridine rings is 1. The minimum atomic E-state index is -0.941. The Labute approximate surface area is 103 Å². The Morgan fingerprint density at radius 1 is 1.47 bits per heavy atom. The highest BCUT2D eigenvalue weighted by Crippen LogP contribution is 2.26. The van der Waals surface area contributed by atoms with Crippen molar-refractivity contribution in [2.45, 2.75) is 6.92 Å². The first-order valence-electron chi connectivity index (χ1n) is 5.07. The van der Waals surface area contributed by atoms with Crippen molar-refractivity contribution in [1.29, 1.82) is 0 Å². The third-order valence-corrected chi connectivity index (χ3v) is 3.26. The molecule has 0 unspecified atom stereocenters. The van der Waals surface area contributed by atoms with Gasteiger partial charge in [0.2, 0.25) is 0 Å². The summed E-state index contributed by atoms with van der Waals surface area (Å²) in [4.78, 5) is 15.9. The Morgan fingerprint density at radius 2 is 2.29 bits per heavy atom. The molecule has 0 bridgehead atoms. The van der Waals surface area contributed by atoms with Gasteiger partial charge < -0.3 is 5.11 Å². The molecule has 0 aliphatic heterocycles. The maximum atomic E-state index is 10.6. The van der Waals surface area contributed by atoms with E-state index in [1.54, 1.807) is 30.7 Å². The van der Waals surface area contributed by atoms with Crippen molar-refractivity contribution in [2.24, 2.45) is 0 Å². The van der Waals surface area contributed by atoms with Crippen molar-refractivity contribution in [3.8, 4) is 10.4 Å². The highest BCUT2D eigenvalue weighted by molar-refractivity contribution is 7.13. The molecule has 0 amide bonds. The molecule has 2 heterocycles. The van der Waals surface area contributed by atoms with E-state index in [1.165, 1.54) is 6.08 Å². The van der Waals surface area contributed by atoms with Gasteiger partial charge >= 0.3 is 5.97 Å². The van der Waals surface area contributed by atoms with Gasteiger partial charge in [-0.25, -0.2) is 4.79 Å². The van der Waals surface area contributed by atoms with E-state index in [0.717, 1.165) is 16.0 Å². The monoisotopic (exact) mass is 245 g/mol. The van der Waals surface area contributed by atoms with E-state index in [9.17, 15) is 4.79 Å². The summed E-state index contributed by atoms with van der Waals surface area (Å²) in [6, 6.07) is 5.95. The zero-order valence-corrected chi connectivity index (χ0v) is 10.1. The fourth-order valence-corrected chi connectivity index (χ4v) is 2.21. The zero-order valence-electron chi connectivity index (χ0n) is 9.25. The molecule has 2 aromatic heterocycles. The molecule has 0 aromatic carbocycles. The van der Waals surface area contributed by atoms with Crippen molar-refractivity contribution < 1.29 is 9.90 Å². The molecule has 0 fully saturated rings. The van der Waals surface area contributed by atoms with E-state index in [-0.39, 0.29) is 0 Å². The number of aromatic nitrogens is 1. The van der Waals surface area contributed by atoms with Gasteiger partial charge in [-0.1, -0.05) is 6.07 Å². The maximum Gasteiger partial charge on any atom is 0.328 e. The molecule has 0 spiro atoms. The number of allylic oxidation sites excluding steroid dienone is 1. The van der Waals surface area contributed by atoms with Crippen LogP contribution in [0.3, 0.4) is 0 Å². The highest BCUT2D eigenvalue weighted by Gasteiger charge is 2.03. The lowest BCUT2D eigenvalue weighted by atomic mass is 10.1. The fourth-order valence-electron chi connectivity index (χ4n) is 1.50. The van der Waals surface area contributed by atoms with Crippen molar-refractivity contribution >= 4 is 22.9 Å². The molecular formula is C13H11NO2S. The van der Waals surface area contributed by atoms with Crippen LogP contribution < -0.4 is 0 Å². The average Bonchev–Trinajstić information content (AvgIpc) is 2.82. The number of thiophene rings is 1. The van der Waals surface area contributed by atoms with Crippen LogP contribution in [0.2, 0.25) is 0 Å². The summed E-state index contributed by atoms with van der Waals surface area (Å²) in [6.45, 7) is 1.77. The molecule has 17 heavy (non-hydrogen) atoms. The van der Waals surface area contributed by atoms with Crippen LogP contribution in [0, 0.1) is 0 Å². The van der Waals surface area contributed by atoms with Gasteiger partial charge in [-0.15, -0.1) is 11.3 Å². The number of hydrogen-bond donors (Lipinski definition) is 1. The second kappa shape index (κ2) is 4.93. The number of hydrogen-bond acceptors (Lipinski definition) is 3. The lowest BCUT2D eigenvalue weighted by molar-refractivity contribution is -0.131. The summed E-state index contributed by atoms with van der Waals surface area (Å²) in [5.74, 6) is -0.941. The predicted molar refractivity (Wildman–Crippen MR) is 68.8 cm³/mol. The summed E-state index contributed by atoms with van der Waals surface area (Å²) < 4.78 is 0. The van der Waals surface area contributed by atoms with Gasteiger partial charge in [0.05, 0.1) is 0 Å². The topological polar surface area (TPSA) is 50.2 Å². The normalized spacial score (nSPS) is 11.5. The van der Waals surface area contributed by atoms with Gasteiger partial charge in [-0.05, 0) is 35.6 Å². The van der Waals surface area contributed by atoms with E-state index >= 15 is 0 Å². The SMILES string of the molecule is C/C(=C\C(=O)O)c1cncc(-c2cccs2)c1. The standard InChI is InChI=1S/C13H11NO2S/c1-9(5-13(15)16)10-6-11(8-14-7-10)12-3-2-4-17-12/h2-8H,1H3,(H,15,16)/b9-5+. The minimum absolute atomic E-state index is 0.698. The van der Waals surface area contributed by atoms with Crippen molar-refractivity contribution in [1.82, 2.24) is 4.98 Å². The van der Waals surface area contributed by atoms with Crippen LogP contribution >= 0.6 is 11.3 Å². The summed E-state index contributed by atoms with van der Waals surface area (Å²) in [5.41, 5.74) is 2.54. The number of aliphatic carboxylic acids is 1. The fraction of sp³-hybridized carbons (Fsp3) is 0.0769. The molecular weight excluding hydrogens is 234 g/mol. The van der Waals surface area contributed by atoms with Crippen LogP contribution in [0.15, 0.2) is 42.0 Å². The number of carboxylic acid groups (broad SMARTS) is 1. The molecule has 0 saturated heterocycles. The minimum Gasteiger partial charge on any atom is -0.478 e. The second-order valence-corrected chi connectivity index (χ2v) is 4.55. The molecule has 3 nitrogen and oxygen atoms in total. The van der Waals surface area contributed by atoms with Crippen molar-refractivity contribution in [3.05, 3.63) is 47.6 Å². The molecule has 1 N–H and O–H groups in total. The largest absolute Gasteiger partial charge is 0.478 e. The molecule has 2 rings (SSSR count). The number of carboxylic acids is 1. The quantitative estimate of drug-likeness (QED) is 0.844.